The van der Waals surface area contributed by atoms with Crippen molar-refractivity contribution in [1.82, 2.24) is 9.88 Å². The summed E-state index contributed by atoms with van der Waals surface area (Å²) in [4.78, 5) is 27.1. The van der Waals surface area contributed by atoms with Crippen molar-refractivity contribution in [2.75, 3.05) is 13.1 Å². The summed E-state index contributed by atoms with van der Waals surface area (Å²) in [5.74, 6) is -0.451. The first-order valence-corrected chi connectivity index (χ1v) is 5.64. The Morgan fingerprint density at radius 3 is 2.94 bits per heavy atom. The highest BCUT2D eigenvalue weighted by atomic mass is 35.5. The van der Waals surface area contributed by atoms with E-state index in [1.807, 2.05) is 0 Å². The van der Waals surface area contributed by atoms with Crippen molar-refractivity contribution in [2.24, 2.45) is 0 Å². The highest BCUT2D eigenvalue weighted by Crippen LogP contribution is 2.22. The van der Waals surface area contributed by atoms with Gasteiger partial charge in [-0.15, -0.1) is 0 Å². The third-order valence-corrected chi connectivity index (χ3v) is 3.02. The fourth-order valence-electron chi connectivity index (χ4n) is 1.78. The number of hydrogen-bond donors (Lipinski definition) is 1. The lowest BCUT2D eigenvalue weighted by molar-refractivity contribution is -0.385. The number of halogens is 1. The van der Waals surface area contributed by atoms with Crippen molar-refractivity contribution in [3.05, 3.63) is 33.1 Å². The van der Waals surface area contributed by atoms with Gasteiger partial charge < -0.3 is 10.0 Å². The molecule has 2 rings (SSSR count). The van der Waals surface area contributed by atoms with Crippen LogP contribution >= 0.6 is 11.6 Å². The van der Waals surface area contributed by atoms with Gasteiger partial charge in [0, 0.05) is 19.2 Å². The second-order valence-electron chi connectivity index (χ2n) is 3.98. The van der Waals surface area contributed by atoms with Gasteiger partial charge in [-0.3, -0.25) is 14.9 Å². The Balaban J connectivity index is 2.29. The lowest BCUT2D eigenvalue weighted by atomic mass is 10.2. The first-order valence-electron chi connectivity index (χ1n) is 5.26. The number of pyridine rings is 1. The van der Waals surface area contributed by atoms with Crippen molar-refractivity contribution in [3.63, 3.8) is 0 Å². The van der Waals surface area contributed by atoms with E-state index < -0.39 is 16.9 Å². The molecule has 1 atom stereocenters. The summed E-state index contributed by atoms with van der Waals surface area (Å²) in [6, 6.07) is 1.10. The fraction of sp³-hybridized carbons (Fsp3) is 0.400. The number of rotatable bonds is 2. The molecule has 0 spiro atoms. The monoisotopic (exact) mass is 271 g/mol. The average Bonchev–Trinajstić information content (AvgIpc) is 2.75. The molecule has 1 aliphatic rings. The van der Waals surface area contributed by atoms with Crippen LogP contribution in [0.1, 0.15) is 16.8 Å². The molecule has 1 aromatic rings. The topological polar surface area (TPSA) is 96.6 Å². The largest absolute Gasteiger partial charge is 0.391 e. The van der Waals surface area contributed by atoms with Crippen LogP contribution in [0, 0.1) is 10.1 Å². The van der Waals surface area contributed by atoms with E-state index in [-0.39, 0.29) is 22.9 Å². The van der Waals surface area contributed by atoms with Crippen LogP contribution in [0.4, 0.5) is 5.69 Å². The zero-order valence-electron chi connectivity index (χ0n) is 9.24. The maximum atomic E-state index is 12.1. The van der Waals surface area contributed by atoms with Gasteiger partial charge in [0.1, 0.15) is 11.3 Å². The minimum atomic E-state index is -0.640. The second kappa shape index (κ2) is 4.87. The molecule has 2 heterocycles. The van der Waals surface area contributed by atoms with Crippen LogP contribution in [0.25, 0.3) is 0 Å². The lowest BCUT2D eigenvalue weighted by Crippen LogP contribution is -2.30. The summed E-state index contributed by atoms with van der Waals surface area (Å²) < 4.78 is 0. The van der Waals surface area contributed by atoms with Gasteiger partial charge in [0.2, 0.25) is 0 Å². The summed E-state index contributed by atoms with van der Waals surface area (Å²) in [5, 5.41) is 19.9. The molecule has 1 amide bonds. The highest BCUT2D eigenvalue weighted by molar-refractivity contribution is 6.32. The fourth-order valence-corrected chi connectivity index (χ4v) is 1.97. The molecule has 1 aliphatic heterocycles. The van der Waals surface area contributed by atoms with Gasteiger partial charge in [-0.2, -0.15) is 0 Å². The number of β-amino-alcohol motifs (C(OH)–C–C–N with tert-alkyl or cyclic N) is 1. The van der Waals surface area contributed by atoms with Crippen LogP contribution < -0.4 is 0 Å². The molecule has 8 heteroatoms. The van der Waals surface area contributed by atoms with Crippen LogP contribution in [0.3, 0.4) is 0 Å². The number of aliphatic hydroxyl groups excluding tert-OH is 1. The molecule has 0 radical (unpaired) electrons. The number of aromatic nitrogens is 1. The zero-order chi connectivity index (χ0) is 13.3. The third-order valence-electron chi connectivity index (χ3n) is 2.72. The number of nitro groups is 1. The quantitative estimate of drug-likeness (QED) is 0.489. The standard InChI is InChI=1S/C10H10ClN3O4/c11-9-8(3-6(4-12-9)14(17)18)10(16)13-2-1-7(15)5-13/h3-4,7,15H,1-2,5H2/t7-/m0/s1. The SMILES string of the molecule is O=C(c1cc([N+](=O)[O-])cnc1Cl)N1CC[C@H](O)C1. The zero-order valence-corrected chi connectivity index (χ0v) is 10.0. The summed E-state index contributed by atoms with van der Waals surface area (Å²) in [7, 11) is 0. The number of nitrogens with zero attached hydrogens (tertiary/aromatic N) is 3. The first kappa shape index (κ1) is 12.7. The molecule has 1 fully saturated rings. The van der Waals surface area contributed by atoms with E-state index in [9.17, 15) is 20.0 Å². The highest BCUT2D eigenvalue weighted by Gasteiger charge is 2.28. The van der Waals surface area contributed by atoms with Crippen molar-refractivity contribution in [2.45, 2.75) is 12.5 Å². The van der Waals surface area contributed by atoms with E-state index in [1.54, 1.807) is 0 Å². The molecule has 1 saturated heterocycles. The Morgan fingerprint density at radius 2 is 2.39 bits per heavy atom. The van der Waals surface area contributed by atoms with E-state index in [0.29, 0.717) is 13.0 Å². The number of carbonyl (C=O) groups is 1. The molecule has 18 heavy (non-hydrogen) atoms. The minimum absolute atomic E-state index is 0.0139. The molecule has 0 aliphatic carbocycles. The van der Waals surface area contributed by atoms with Crippen molar-refractivity contribution in [3.8, 4) is 0 Å². The van der Waals surface area contributed by atoms with Gasteiger partial charge in [-0.25, -0.2) is 4.98 Å². The van der Waals surface area contributed by atoms with E-state index in [0.717, 1.165) is 12.3 Å². The van der Waals surface area contributed by atoms with E-state index in [4.69, 9.17) is 11.6 Å². The minimum Gasteiger partial charge on any atom is -0.391 e. The van der Waals surface area contributed by atoms with Gasteiger partial charge in [-0.1, -0.05) is 11.6 Å². The molecule has 1 N–H and O–H groups in total. The van der Waals surface area contributed by atoms with Crippen LogP contribution in [-0.4, -0.2) is 45.0 Å². The molecule has 0 unspecified atom stereocenters. The van der Waals surface area contributed by atoms with E-state index in [2.05, 4.69) is 4.98 Å². The summed E-state index contributed by atoms with van der Waals surface area (Å²) in [5.41, 5.74) is -0.303. The molecule has 7 nitrogen and oxygen atoms in total. The van der Waals surface area contributed by atoms with Gasteiger partial charge in [-0.05, 0) is 6.42 Å². The number of hydrogen-bond acceptors (Lipinski definition) is 5. The Hall–Kier alpha value is -1.73. The third kappa shape index (κ3) is 2.41. The second-order valence-corrected chi connectivity index (χ2v) is 4.34. The average molecular weight is 272 g/mol. The van der Waals surface area contributed by atoms with Crippen LogP contribution in [0.15, 0.2) is 12.3 Å². The molecular weight excluding hydrogens is 262 g/mol. The summed E-state index contributed by atoms with van der Waals surface area (Å²) in [6.07, 6.45) is 0.934. The van der Waals surface area contributed by atoms with Crippen molar-refractivity contribution in [1.29, 1.82) is 0 Å². The number of amides is 1. The Bertz CT molecular complexity index is 508. The number of carbonyl (C=O) groups excluding carboxylic acids is 1. The Labute approximate surface area is 107 Å². The predicted octanol–water partition coefficient (Wildman–Crippen LogP) is 0.850. The maximum absolute atomic E-state index is 12.1. The van der Waals surface area contributed by atoms with Crippen LogP contribution in [0.2, 0.25) is 5.15 Å². The number of likely N-dealkylation sites (tertiary alicyclic amines) is 1. The molecule has 96 valence electrons. The van der Waals surface area contributed by atoms with E-state index >= 15 is 0 Å². The van der Waals surface area contributed by atoms with Gasteiger partial charge in [0.15, 0.2) is 0 Å². The normalized spacial score (nSPS) is 19.0. The van der Waals surface area contributed by atoms with Crippen molar-refractivity contribution >= 4 is 23.2 Å². The lowest BCUT2D eigenvalue weighted by Gasteiger charge is -2.15. The smallest absolute Gasteiger partial charge is 0.288 e. The molecule has 0 saturated carbocycles. The van der Waals surface area contributed by atoms with Gasteiger partial charge >= 0.3 is 0 Å². The summed E-state index contributed by atoms with van der Waals surface area (Å²) in [6.45, 7) is 0.608. The molecule has 0 bridgehead atoms. The maximum Gasteiger partial charge on any atom is 0.288 e. The van der Waals surface area contributed by atoms with Crippen molar-refractivity contribution < 1.29 is 14.8 Å². The molecular formula is C10H10ClN3O4. The van der Waals surface area contributed by atoms with Gasteiger partial charge in [0.05, 0.1) is 16.6 Å². The van der Waals surface area contributed by atoms with Crippen LogP contribution in [-0.2, 0) is 0 Å². The Morgan fingerprint density at radius 1 is 1.67 bits per heavy atom. The van der Waals surface area contributed by atoms with E-state index in [1.165, 1.54) is 4.90 Å². The number of aliphatic hydroxyl groups is 1. The predicted molar refractivity (Wildman–Crippen MR) is 62.4 cm³/mol. The first-order chi connectivity index (χ1) is 8.49. The Kier molecular flexibility index (Phi) is 3.44. The summed E-state index contributed by atoms with van der Waals surface area (Å²) >= 11 is 5.77. The molecule has 1 aromatic heterocycles. The molecule has 0 aromatic carbocycles. The van der Waals surface area contributed by atoms with Gasteiger partial charge in [0.25, 0.3) is 11.6 Å². The van der Waals surface area contributed by atoms with Crippen LogP contribution in [0.5, 0.6) is 0 Å².